The molecule has 0 aliphatic heterocycles. The molecular weight excluding hydrogens is 272 g/mol. The molecule has 16 heavy (non-hydrogen) atoms. The molecule has 0 spiro atoms. The van der Waals surface area contributed by atoms with Gasteiger partial charge in [-0.3, -0.25) is 4.79 Å². The summed E-state index contributed by atoms with van der Waals surface area (Å²) in [5, 5.41) is 0. The van der Waals surface area contributed by atoms with Crippen LogP contribution in [-0.4, -0.2) is 18.7 Å². The van der Waals surface area contributed by atoms with Gasteiger partial charge in [-0.15, -0.1) is 0 Å². The topological polar surface area (TPSA) is 35.5 Å². The standard InChI is InChI=1S/C12H15BrO3/c1-3-15-12(14)7-9(2)16-11-6-4-5-10(13)8-11/h4-6,8-9H,3,7H2,1-2H3/t9-/m1/s1. The summed E-state index contributed by atoms with van der Waals surface area (Å²) in [7, 11) is 0. The quantitative estimate of drug-likeness (QED) is 0.780. The molecule has 0 fully saturated rings. The number of halogens is 1. The summed E-state index contributed by atoms with van der Waals surface area (Å²) in [4.78, 5) is 11.2. The summed E-state index contributed by atoms with van der Waals surface area (Å²) in [6.45, 7) is 4.04. The molecule has 0 heterocycles. The van der Waals surface area contributed by atoms with Crippen molar-refractivity contribution in [3.8, 4) is 5.75 Å². The Hall–Kier alpha value is -1.03. The van der Waals surface area contributed by atoms with Gasteiger partial charge in [0, 0.05) is 4.47 Å². The second-order valence-corrected chi connectivity index (χ2v) is 4.31. The number of ether oxygens (including phenoxy) is 2. The van der Waals surface area contributed by atoms with Gasteiger partial charge in [-0.1, -0.05) is 22.0 Å². The average Bonchev–Trinajstić information content (AvgIpc) is 2.17. The monoisotopic (exact) mass is 286 g/mol. The van der Waals surface area contributed by atoms with Crippen molar-refractivity contribution in [3.63, 3.8) is 0 Å². The van der Waals surface area contributed by atoms with E-state index in [4.69, 9.17) is 9.47 Å². The number of benzene rings is 1. The lowest BCUT2D eigenvalue weighted by atomic mass is 10.3. The molecule has 88 valence electrons. The highest BCUT2D eigenvalue weighted by Crippen LogP contribution is 2.19. The third kappa shape index (κ3) is 4.66. The average molecular weight is 287 g/mol. The number of hydrogen-bond acceptors (Lipinski definition) is 3. The number of hydrogen-bond donors (Lipinski definition) is 0. The maximum absolute atomic E-state index is 11.2. The molecule has 0 radical (unpaired) electrons. The van der Waals surface area contributed by atoms with Gasteiger partial charge >= 0.3 is 5.97 Å². The van der Waals surface area contributed by atoms with E-state index in [9.17, 15) is 4.79 Å². The summed E-state index contributed by atoms with van der Waals surface area (Å²) in [5.74, 6) is 0.510. The number of carbonyl (C=O) groups excluding carboxylic acids is 1. The second-order valence-electron chi connectivity index (χ2n) is 3.39. The molecule has 0 amide bonds. The molecule has 3 nitrogen and oxygen atoms in total. The molecule has 0 N–H and O–H groups in total. The van der Waals surface area contributed by atoms with Crippen LogP contribution in [0.1, 0.15) is 20.3 Å². The van der Waals surface area contributed by atoms with Crippen molar-refractivity contribution in [1.29, 1.82) is 0 Å². The van der Waals surface area contributed by atoms with E-state index in [1.807, 2.05) is 31.2 Å². The largest absolute Gasteiger partial charge is 0.490 e. The third-order valence-electron chi connectivity index (χ3n) is 1.89. The molecule has 0 bridgehead atoms. The molecule has 1 aromatic carbocycles. The van der Waals surface area contributed by atoms with Crippen molar-refractivity contribution in [1.82, 2.24) is 0 Å². The summed E-state index contributed by atoms with van der Waals surface area (Å²) in [5.41, 5.74) is 0. The van der Waals surface area contributed by atoms with Gasteiger partial charge < -0.3 is 9.47 Å². The number of esters is 1. The lowest BCUT2D eigenvalue weighted by Gasteiger charge is -2.13. The summed E-state index contributed by atoms with van der Waals surface area (Å²) < 4.78 is 11.4. The van der Waals surface area contributed by atoms with Gasteiger partial charge in [0.2, 0.25) is 0 Å². The highest BCUT2D eigenvalue weighted by Gasteiger charge is 2.11. The van der Waals surface area contributed by atoms with Crippen molar-refractivity contribution in [2.75, 3.05) is 6.61 Å². The highest BCUT2D eigenvalue weighted by atomic mass is 79.9. The smallest absolute Gasteiger partial charge is 0.309 e. The maximum Gasteiger partial charge on any atom is 0.309 e. The Morgan fingerprint density at radius 3 is 2.88 bits per heavy atom. The lowest BCUT2D eigenvalue weighted by molar-refractivity contribution is -0.144. The molecular formula is C12H15BrO3. The van der Waals surface area contributed by atoms with E-state index in [2.05, 4.69) is 15.9 Å². The van der Waals surface area contributed by atoms with Crippen LogP contribution in [0.5, 0.6) is 5.75 Å². The van der Waals surface area contributed by atoms with Crippen molar-refractivity contribution >= 4 is 21.9 Å². The minimum Gasteiger partial charge on any atom is -0.490 e. The van der Waals surface area contributed by atoms with Crippen LogP contribution in [0.2, 0.25) is 0 Å². The van der Waals surface area contributed by atoms with Crippen LogP contribution >= 0.6 is 15.9 Å². The predicted molar refractivity (Wildman–Crippen MR) is 65.5 cm³/mol. The van der Waals surface area contributed by atoms with Crippen molar-refractivity contribution in [2.45, 2.75) is 26.4 Å². The minimum atomic E-state index is -0.231. The fraction of sp³-hybridized carbons (Fsp3) is 0.417. The van der Waals surface area contributed by atoms with E-state index in [0.717, 1.165) is 10.2 Å². The molecule has 1 rings (SSSR count). The molecule has 0 aromatic heterocycles. The lowest BCUT2D eigenvalue weighted by Crippen LogP contribution is -2.18. The number of carbonyl (C=O) groups is 1. The van der Waals surface area contributed by atoms with Crippen LogP contribution in [0.25, 0.3) is 0 Å². The van der Waals surface area contributed by atoms with E-state index in [1.54, 1.807) is 6.92 Å². The van der Waals surface area contributed by atoms with E-state index in [0.29, 0.717) is 6.61 Å². The first-order valence-electron chi connectivity index (χ1n) is 5.19. The maximum atomic E-state index is 11.2. The Balaban J connectivity index is 2.45. The zero-order valence-electron chi connectivity index (χ0n) is 9.40. The van der Waals surface area contributed by atoms with Gasteiger partial charge in [-0.05, 0) is 32.0 Å². The Kier molecular flexibility index (Phi) is 5.32. The van der Waals surface area contributed by atoms with Gasteiger partial charge in [-0.25, -0.2) is 0 Å². The second kappa shape index (κ2) is 6.53. The SMILES string of the molecule is CCOC(=O)C[C@@H](C)Oc1cccc(Br)c1. The Bertz CT molecular complexity index is 352. The first kappa shape index (κ1) is 13.0. The normalized spacial score (nSPS) is 11.9. The zero-order chi connectivity index (χ0) is 12.0. The van der Waals surface area contributed by atoms with Crippen molar-refractivity contribution in [2.24, 2.45) is 0 Å². The molecule has 0 unspecified atom stereocenters. The van der Waals surface area contributed by atoms with Gasteiger partial charge in [0.05, 0.1) is 13.0 Å². The molecule has 4 heteroatoms. The Morgan fingerprint density at radius 1 is 1.50 bits per heavy atom. The fourth-order valence-electron chi connectivity index (χ4n) is 1.27. The third-order valence-corrected chi connectivity index (χ3v) is 2.39. The molecule has 0 saturated carbocycles. The summed E-state index contributed by atoms with van der Waals surface area (Å²) in [6.07, 6.45) is 0.0775. The molecule has 1 aromatic rings. The van der Waals surface area contributed by atoms with Gasteiger partial charge in [0.15, 0.2) is 0 Å². The van der Waals surface area contributed by atoms with Crippen LogP contribution in [0.4, 0.5) is 0 Å². The predicted octanol–water partition coefficient (Wildman–Crippen LogP) is 3.17. The molecule has 0 aliphatic rings. The van der Waals surface area contributed by atoms with Gasteiger partial charge in [-0.2, -0.15) is 0 Å². The van der Waals surface area contributed by atoms with E-state index < -0.39 is 0 Å². The minimum absolute atomic E-state index is 0.187. The summed E-state index contributed by atoms with van der Waals surface area (Å²) >= 11 is 3.36. The Labute approximate surface area is 104 Å². The highest BCUT2D eigenvalue weighted by molar-refractivity contribution is 9.10. The first-order chi connectivity index (χ1) is 7.61. The Morgan fingerprint density at radius 2 is 2.25 bits per heavy atom. The van der Waals surface area contributed by atoms with Crippen LogP contribution in [-0.2, 0) is 9.53 Å². The van der Waals surface area contributed by atoms with Crippen LogP contribution in [0, 0.1) is 0 Å². The first-order valence-corrected chi connectivity index (χ1v) is 5.99. The van der Waals surface area contributed by atoms with Crippen molar-refractivity contribution < 1.29 is 14.3 Å². The summed E-state index contributed by atoms with van der Waals surface area (Å²) in [6, 6.07) is 7.52. The number of rotatable bonds is 5. The van der Waals surface area contributed by atoms with E-state index >= 15 is 0 Å². The van der Waals surface area contributed by atoms with Gasteiger partial charge in [0.25, 0.3) is 0 Å². The van der Waals surface area contributed by atoms with E-state index in [1.165, 1.54) is 0 Å². The van der Waals surface area contributed by atoms with E-state index in [-0.39, 0.29) is 18.5 Å². The molecule has 1 atom stereocenters. The van der Waals surface area contributed by atoms with Gasteiger partial charge in [0.1, 0.15) is 11.9 Å². The zero-order valence-corrected chi connectivity index (χ0v) is 11.0. The molecule has 0 aliphatic carbocycles. The van der Waals surface area contributed by atoms with Crippen LogP contribution in [0.15, 0.2) is 28.7 Å². The molecule has 0 saturated heterocycles. The fourth-order valence-corrected chi connectivity index (χ4v) is 1.65. The van der Waals surface area contributed by atoms with Crippen LogP contribution < -0.4 is 4.74 Å². The van der Waals surface area contributed by atoms with Crippen LogP contribution in [0.3, 0.4) is 0 Å². The van der Waals surface area contributed by atoms with Crippen molar-refractivity contribution in [3.05, 3.63) is 28.7 Å².